The minimum absolute atomic E-state index is 0.0897. The fourth-order valence-electron chi connectivity index (χ4n) is 5.52. The van der Waals surface area contributed by atoms with Crippen molar-refractivity contribution in [1.29, 1.82) is 0 Å². The Morgan fingerprint density at radius 3 is 2.83 bits per heavy atom. The summed E-state index contributed by atoms with van der Waals surface area (Å²) in [6, 6.07) is 6.18. The number of carbonyl (C=O) groups is 1. The van der Waals surface area contributed by atoms with E-state index in [-0.39, 0.29) is 16.4 Å². The summed E-state index contributed by atoms with van der Waals surface area (Å²) >= 11 is 1.11. The zero-order chi connectivity index (χ0) is 24.9. The molecule has 1 aliphatic heterocycles. The van der Waals surface area contributed by atoms with Crippen molar-refractivity contribution in [2.45, 2.75) is 58.9 Å². The van der Waals surface area contributed by atoms with Crippen LogP contribution in [-0.4, -0.2) is 34.3 Å². The topological polar surface area (TPSA) is 90.7 Å². The van der Waals surface area contributed by atoms with E-state index >= 15 is 0 Å². The largest absolute Gasteiger partial charge is 0.493 e. The van der Waals surface area contributed by atoms with Crippen molar-refractivity contribution in [3.8, 4) is 11.5 Å². The average Bonchev–Trinajstić information content (AvgIpc) is 3.44. The van der Waals surface area contributed by atoms with Crippen molar-refractivity contribution in [1.82, 2.24) is 9.55 Å². The van der Waals surface area contributed by atoms with Gasteiger partial charge in [-0.1, -0.05) is 19.9 Å². The first-order valence-corrected chi connectivity index (χ1v) is 13.2. The van der Waals surface area contributed by atoms with Crippen molar-refractivity contribution in [3.05, 3.63) is 50.4 Å². The molecule has 0 radical (unpaired) electrons. The van der Waals surface area contributed by atoms with E-state index in [1.54, 1.807) is 18.6 Å². The summed E-state index contributed by atoms with van der Waals surface area (Å²) in [6.45, 7) is 7.40. The number of fused-ring (bicyclic) bond motifs is 4. The number of hydrogen-bond donors (Lipinski definition) is 1. The lowest BCUT2D eigenvalue weighted by Crippen LogP contribution is -2.27. The summed E-state index contributed by atoms with van der Waals surface area (Å²) in [6.07, 6.45) is 3.91. The third kappa shape index (κ3) is 4.33. The van der Waals surface area contributed by atoms with E-state index in [0.29, 0.717) is 46.7 Å². The van der Waals surface area contributed by atoms with Gasteiger partial charge in [0.05, 0.1) is 19.1 Å². The number of nitrogens with zero attached hydrogens (tertiary/aromatic N) is 2. The Morgan fingerprint density at radius 2 is 2.11 bits per heavy atom. The van der Waals surface area contributed by atoms with E-state index in [1.807, 2.05) is 6.07 Å². The highest BCUT2D eigenvalue weighted by Crippen LogP contribution is 2.59. The van der Waals surface area contributed by atoms with E-state index in [9.17, 15) is 14.7 Å². The van der Waals surface area contributed by atoms with Crippen LogP contribution in [0.3, 0.4) is 0 Å². The molecule has 35 heavy (non-hydrogen) atoms. The number of carboxylic acid groups (broad SMARTS) is 1. The molecule has 2 aromatic heterocycles. The lowest BCUT2D eigenvalue weighted by Gasteiger charge is -2.16. The van der Waals surface area contributed by atoms with Crippen molar-refractivity contribution in [2.24, 2.45) is 17.8 Å². The van der Waals surface area contributed by atoms with Crippen LogP contribution in [0, 0.1) is 24.7 Å². The van der Waals surface area contributed by atoms with Crippen LogP contribution in [0.4, 0.5) is 0 Å². The zero-order valence-corrected chi connectivity index (χ0v) is 21.5. The maximum Gasteiger partial charge on any atom is 0.346 e. The highest BCUT2D eigenvalue weighted by Gasteiger charge is 2.54. The molecule has 0 spiro atoms. The molecular formula is C27H32N2O5S. The molecule has 1 saturated carbocycles. The third-order valence-electron chi connectivity index (χ3n) is 7.54. The molecule has 3 unspecified atom stereocenters. The van der Waals surface area contributed by atoms with E-state index in [1.165, 1.54) is 5.56 Å². The second-order valence-corrected chi connectivity index (χ2v) is 11.2. The predicted molar refractivity (Wildman–Crippen MR) is 136 cm³/mol. The van der Waals surface area contributed by atoms with Gasteiger partial charge in [-0.15, -0.1) is 11.3 Å². The fourth-order valence-corrected chi connectivity index (χ4v) is 6.54. The standard InChI is InChI=1S/C27H32N2O5S/c1-14(2)10-12-34-19-8-6-16(13-20(19)33-4)5-7-17-18-9-11-29-24(22(17)18)28-25-21(26(29)30)15(3)23(35-25)27(31)32/h6,8,13-14,17-18,22H,5,7,9-12H2,1-4H3,(H,31,32). The summed E-state index contributed by atoms with van der Waals surface area (Å²) < 4.78 is 13.3. The first-order valence-electron chi connectivity index (χ1n) is 12.4. The van der Waals surface area contributed by atoms with Crippen molar-refractivity contribution < 1.29 is 19.4 Å². The SMILES string of the molecule is COc1cc(CCC2C3CCn4c(nc5sc(C(=O)O)c(C)c5c4=O)C23)ccc1OCCC(C)C. The summed E-state index contributed by atoms with van der Waals surface area (Å²) in [5, 5.41) is 9.95. The van der Waals surface area contributed by atoms with E-state index in [4.69, 9.17) is 14.5 Å². The minimum atomic E-state index is -0.998. The number of benzene rings is 1. The maximum atomic E-state index is 13.2. The zero-order valence-electron chi connectivity index (χ0n) is 20.7. The van der Waals surface area contributed by atoms with Crippen molar-refractivity contribution >= 4 is 27.5 Å². The summed E-state index contributed by atoms with van der Waals surface area (Å²) in [5.74, 6) is 3.29. The highest BCUT2D eigenvalue weighted by molar-refractivity contribution is 7.20. The second-order valence-electron chi connectivity index (χ2n) is 10.2. The smallest absolute Gasteiger partial charge is 0.346 e. The first kappa shape index (κ1) is 23.9. The molecule has 8 heteroatoms. The van der Waals surface area contributed by atoms with E-state index in [2.05, 4.69) is 26.0 Å². The van der Waals surface area contributed by atoms with Crippen LogP contribution in [-0.2, 0) is 13.0 Å². The van der Waals surface area contributed by atoms with Gasteiger partial charge >= 0.3 is 5.97 Å². The molecule has 1 fully saturated rings. The molecule has 186 valence electrons. The summed E-state index contributed by atoms with van der Waals surface area (Å²) in [5.41, 5.74) is 1.65. The fraction of sp³-hybridized carbons (Fsp3) is 0.519. The monoisotopic (exact) mass is 496 g/mol. The van der Waals surface area contributed by atoms with Gasteiger partial charge in [0.25, 0.3) is 5.56 Å². The molecule has 1 aromatic carbocycles. The van der Waals surface area contributed by atoms with Gasteiger partial charge in [-0.05, 0) is 73.6 Å². The number of carboxylic acids is 1. The third-order valence-corrected chi connectivity index (χ3v) is 8.71. The second kappa shape index (κ2) is 9.30. The van der Waals surface area contributed by atoms with Gasteiger partial charge in [-0.25, -0.2) is 9.78 Å². The molecule has 1 N–H and O–H groups in total. The number of hydrogen-bond acceptors (Lipinski definition) is 6. The molecule has 7 nitrogen and oxygen atoms in total. The number of methoxy groups -OCH3 is 1. The van der Waals surface area contributed by atoms with Crippen LogP contribution in [0.25, 0.3) is 10.2 Å². The highest BCUT2D eigenvalue weighted by atomic mass is 32.1. The van der Waals surface area contributed by atoms with E-state index in [0.717, 1.165) is 54.3 Å². The van der Waals surface area contributed by atoms with Gasteiger partial charge in [0.2, 0.25) is 0 Å². The maximum absolute atomic E-state index is 13.2. The molecule has 3 atom stereocenters. The lowest BCUT2D eigenvalue weighted by molar-refractivity contribution is 0.0701. The molecule has 0 bridgehead atoms. The number of thiophene rings is 1. The van der Waals surface area contributed by atoms with Crippen molar-refractivity contribution in [3.63, 3.8) is 0 Å². The lowest BCUT2D eigenvalue weighted by atomic mass is 10.0. The average molecular weight is 497 g/mol. The van der Waals surface area contributed by atoms with Gasteiger partial charge in [0.15, 0.2) is 11.5 Å². The molecule has 0 saturated heterocycles. The van der Waals surface area contributed by atoms with Gasteiger partial charge in [-0.2, -0.15) is 0 Å². The molecule has 0 amide bonds. The first-order chi connectivity index (χ1) is 16.8. The molecule has 3 heterocycles. The van der Waals surface area contributed by atoms with Gasteiger partial charge in [-0.3, -0.25) is 9.36 Å². The van der Waals surface area contributed by atoms with Crippen LogP contribution >= 0.6 is 11.3 Å². The van der Waals surface area contributed by atoms with Gasteiger partial charge in [0, 0.05) is 12.5 Å². The minimum Gasteiger partial charge on any atom is -0.493 e. The van der Waals surface area contributed by atoms with Crippen LogP contribution in [0.2, 0.25) is 0 Å². The normalized spacial score (nSPS) is 20.5. The predicted octanol–water partition coefficient (Wildman–Crippen LogP) is 5.26. The number of aryl methyl sites for hydroxylation is 2. The van der Waals surface area contributed by atoms with Crippen molar-refractivity contribution in [2.75, 3.05) is 13.7 Å². The Hall–Kier alpha value is -2.87. The van der Waals surface area contributed by atoms with Crippen LogP contribution in [0.1, 0.15) is 65.7 Å². The number of aromatic nitrogens is 2. The van der Waals surface area contributed by atoms with Gasteiger partial charge in [0.1, 0.15) is 15.5 Å². The number of ether oxygens (including phenoxy) is 2. The van der Waals surface area contributed by atoms with Gasteiger partial charge < -0.3 is 14.6 Å². The Labute approximate surface area is 208 Å². The molecule has 5 rings (SSSR count). The Bertz CT molecular complexity index is 1340. The molecule has 2 aliphatic rings. The Kier molecular flexibility index (Phi) is 6.34. The molecule has 3 aromatic rings. The number of aromatic carboxylic acids is 1. The van der Waals surface area contributed by atoms with Crippen LogP contribution < -0.4 is 15.0 Å². The van der Waals surface area contributed by atoms with Crippen LogP contribution in [0.15, 0.2) is 23.0 Å². The Balaban J connectivity index is 1.31. The van der Waals surface area contributed by atoms with Crippen LogP contribution in [0.5, 0.6) is 11.5 Å². The molecule has 1 aliphatic carbocycles. The Morgan fingerprint density at radius 1 is 1.31 bits per heavy atom. The molecular weight excluding hydrogens is 464 g/mol. The summed E-state index contributed by atoms with van der Waals surface area (Å²) in [4.78, 5) is 30.4. The number of rotatable bonds is 9. The quantitative estimate of drug-likeness (QED) is 0.434. The summed E-state index contributed by atoms with van der Waals surface area (Å²) in [7, 11) is 1.67. The van der Waals surface area contributed by atoms with E-state index < -0.39 is 5.97 Å².